The number of benzene rings is 1. The zero-order valence-electron chi connectivity index (χ0n) is 11.8. The van der Waals surface area contributed by atoms with Gasteiger partial charge in [-0.05, 0) is 61.6 Å². The number of hydrogen-bond donors (Lipinski definition) is 1. The van der Waals surface area contributed by atoms with E-state index in [-0.39, 0.29) is 5.56 Å². The topological polar surface area (TPSA) is 53.7 Å². The fourth-order valence-corrected chi connectivity index (χ4v) is 2.58. The number of aliphatic hydroxyl groups is 1. The maximum atomic E-state index is 12.0. The number of alkyl halides is 1. The molecule has 0 spiro atoms. The van der Waals surface area contributed by atoms with Gasteiger partial charge in [0.1, 0.15) is 9.19 Å². The van der Waals surface area contributed by atoms with Crippen molar-refractivity contribution in [3.63, 3.8) is 0 Å². The Hall–Kier alpha value is -1.08. The van der Waals surface area contributed by atoms with E-state index in [2.05, 4.69) is 18.7 Å². The van der Waals surface area contributed by atoms with Crippen LogP contribution in [-0.4, -0.2) is 18.2 Å². The molecule has 1 N–H and O–H groups in total. The molecule has 4 nitrogen and oxygen atoms in total. The average Bonchev–Trinajstić information content (AvgIpc) is 2.38. The molecule has 2 aromatic rings. The van der Waals surface area contributed by atoms with E-state index in [0.717, 1.165) is 24.2 Å². The summed E-state index contributed by atoms with van der Waals surface area (Å²) >= 11 is 1.82. The predicted molar refractivity (Wildman–Crippen MR) is 89.6 cm³/mol. The van der Waals surface area contributed by atoms with Crippen LogP contribution in [-0.2, 0) is 3.61 Å². The Kier molecular flexibility index (Phi) is 4.39. The lowest BCUT2D eigenvalue weighted by Gasteiger charge is -2.21. The largest absolute Gasteiger partial charge is 0.422 e. The van der Waals surface area contributed by atoms with E-state index in [1.54, 1.807) is 13.0 Å². The Morgan fingerprint density at radius 1 is 1.30 bits per heavy atom. The van der Waals surface area contributed by atoms with Gasteiger partial charge in [-0.3, -0.25) is 0 Å². The molecule has 1 atom stereocenters. The summed E-state index contributed by atoms with van der Waals surface area (Å²) in [5.41, 5.74) is 1.35. The molecule has 0 aliphatic rings. The summed E-state index contributed by atoms with van der Waals surface area (Å²) in [6.07, 6.45) is 0. The highest BCUT2D eigenvalue weighted by atomic mass is 127. The Labute approximate surface area is 131 Å². The van der Waals surface area contributed by atoms with Crippen LogP contribution in [0.3, 0.4) is 0 Å². The van der Waals surface area contributed by atoms with Gasteiger partial charge in [-0.1, -0.05) is 0 Å². The van der Waals surface area contributed by atoms with Crippen molar-refractivity contribution in [1.82, 2.24) is 0 Å². The molecule has 0 radical (unpaired) electrons. The smallest absolute Gasteiger partial charge is 0.343 e. The van der Waals surface area contributed by atoms with Gasteiger partial charge in [-0.2, -0.15) is 0 Å². The lowest BCUT2D eigenvalue weighted by atomic mass is 10.1. The van der Waals surface area contributed by atoms with Gasteiger partial charge < -0.3 is 14.4 Å². The first kappa shape index (κ1) is 15.3. The highest BCUT2D eigenvalue weighted by Gasteiger charge is 2.24. The third-order valence-corrected chi connectivity index (χ3v) is 3.92. The molecule has 1 heterocycles. The fourth-order valence-electron chi connectivity index (χ4n) is 2.20. The molecule has 1 aromatic carbocycles. The van der Waals surface area contributed by atoms with Crippen LogP contribution in [0, 0.1) is 0 Å². The van der Waals surface area contributed by atoms with Crippen LogP contribution in [0.4, 0.5) is 5.69 Å². The first-order valence-electron chi connectivity index (χ1n) is 6.61. The number of anilines is 1. The van der Waals surface area contributed by atoms with Crippen molar-refractivity contribution in [3.05, 3.63) is 40.2 Å². The van der Waals surface area contributed by atoms with E-state index < -0.39 is 9.23 Å². The zero-order chi connectivity index (χ0) is 14.9. The summed E-state index contributed by atoms with van der Waals surface area (Å²) in [5, 5.41) is 10.8. The minimum absolute atomic E-state index is 0.265. The Morgan fingerprint density at radius 2 is 1.95 bits per heavy atom. The SMILES string of the molecule is CCN(CC)c1ccc2cc(C(C)(O)I)c(=O)oc2c1. The standard InChI is InChI=1S/C15H18INO3/c1-4-17(5-2)11-7-6-10-8-12(15(3,16)19)14(18)20-13(10)9-11/h6-9,19H,4-5H2,1-3H3. The number of halogens is 1. The Balaban J connectivity index is 2.59. The molecule has 0 aliphatic heterocycles. The van der Waals surface area contributed by atoms with Gasteiger partial charge in [-0.25, -0.2) is 4.79 Å². The van der Waals surface area contributed by atoms with Crippen LogP contribution in [0.25, 0.3) is 11.0 Å². The van der Waals surface area contributed by atoms with Crippen LogP contribution < -0.4 is 10.5 Å². The van der Waals surface area contributed by atoms with E-state index in [1.165, 1.54) is 0 Å². The highest BCUT2D eigenvalue weighted by Crippen LogP contribution is 2.29. The van der Waals surface area contributed by atoms with E-state index >= 15 is 0 Å². The van der Waals surface area contributed by atoms with Crippen LogP contribution in [0.2, 0.25) is 0 Å². The van der Waals surface area contributed by atoms with Crippen molar-refractivity contribution in [2.75, 3.05) is 18.0 Å². The summed E-state index contributed by atoms with van der Waals surface area (Å²) < 4.78 is 4.12. The van der Waals surface area contributed by atoms with Crippen LogP contribution >= 0.6 is 22.6 Å². The molecule has 0 bridgehead atoms. The van der Waals surface area contributed by atoms with Crippen molar-refractivity contribution in [2.45, 2.75) is 24.4 Å². The number of fused-ring (bicyclic) bond motifs is 1. The molecule has 0 fully saturated rings. The molecule has 0 aliphatic carbocycles. The zero-order valence-corrected chi connectivity index (χ0v) is 14.0. The minimum Gasteiger partial charge on any atom is -0.422 e. The minimum atomic E-state index is -1.23. The molecule has 108 valence electrons. The van der Waals surface area contributed by atoms with Crippen molar-refractivity contribution in [1.29, 1.82) is 0 Å². The summed E-state index contributed by atoms with van der Waals surface area (Å²) in [7, 11) is 0. The van der Waals surface area contributed by atoms with Gasteiger partial charge in [0.05, 0.1) is 5.56 Å². The number of rotatable bonds is 4. The first-order valence-corrected chi connectivity index (χ1v) is 7.69. The maximum Gasteiger partial charge on any atom is 0.343 e. The molecule has 5 heteroatoms. The van der Waals surface area contributed by atoms with E-state index in [1.807, 2.05) is 40.8 Å². The van der Waals surface area contributed by atoms with Gasteiger partial charge in [0.15, 0.2) is 0 Å². The second-order valence-corrected chi connectivity index (χ2v) is 6.90. The third kappa shape index (κ3) is 2.98. The van der Waals surface area contributed by atoms with Crippen molar-refractivity contribution in [2.24, 2.45) is 0 Å². The molecular weight excluding hydrogens is 369 g/mol. The Morgan fingerprint density at radius 3 is 2.50 bits per heavy atom. The molecule has 20 heavy (non-hydrogen) atoms. The fraction of sp³-hybridized carbons (Fsp3) is 0.400. The molecule has 2 rings (SSSR count). The molecule has 1 unspecified atom stereocenters. The number of nitrogens with zero attached hydrogens (tertiary/aromatic N) is 1. The molecule has 0 saturated carbocycles. The Bertz CT molecular complexity index is 669. The number of hydrogen-bond acceptors (Lipinski definition) is 4. The predicted octanol–water partition coefficient (Wildman–Crippen LogP) is 3.24. The molecule has 0 amide bonds. The summed E-state index contributed by atoms with van der Waals surface area (Å²) in [5.74, 6) is 0. The quantitative estimate of drug-likeness (QED) is 0.497. The maximum absolute atomic E-state index is 12.0. The van der Waals surface area contributed by atoms with Gasteiger partial charge in [0, 0.05) is 30.2 Å². The monoisotopic (exact) mass is 387 g/mol. The van der Waals surface area contributed by atoms with Gasteiger partial charge >= 0.3 is 5.63 Å². The first-order chi connectivity index (χ1) is 9.36. The van der Waals surface area contributed by atoms with Gasteiger partial charge in [0.2, 0.25) is 0 Å². The normalized spacial score (nSPS) is 14.2. The van der Waals surface area contributed by atoms with E-state index in [0.29, 0.717) is 5.58 Å². The van der Waals surface area contributed by atoms with Crippen LogP contribution in [0.5, 0.6) is 0 Å². The van der Waals surface area contributed by atoms with Gasteiger partial charge in [-0.15, -0.1) is 0 Å². The average molecular weight is 387 g/mol. The van der Waals surface area contributed by atoms with Crippen molar-refractivity contribution in [3.8, 4) is 0 Å². The van der Waals surface area contributed by atoms with Crippen LogP contribution in [0.1, 0.15) is 26.3 Å². The summed E-state index contributed by atoms with van der Waals surface area (Å²) in [4.78, 5) is 14.1. The lowest BCUT2D eigenvalue weighted by molar-refractivity contribution is 0.174. The highest BCUT2D eigenvalue weighted by molar-refractivity contribution is 14.1. The van der Waals surface area contributed by atoms with Crippen LogP contribution in [0.15, 0.2) is 33.5 Å². The van der Waals surface area contributed by atoms with Crippen molar-refractivity contribution < 1.29 is 9.52 Å². The summed E-state index contributed by atoms with van der Waals surface area (Å²) in [6.45, 7) is 7.52. The van der Waals surface area contributed by atoms with Gasteiger partial charge in [0.25, 0.3) is 0 Å². The van der Waals surface area contributed by atoms with E-state index in [4.69, 9.17) is 4.42 Å². The second-order valence-electron chi connectivity index (χ2n) is 4.80. The summed E-state index contributed by atoms with van der Waals surface area (Å²) in [6, 6.07) is 7.48. The lowest BCUT2D eigenvalue weighted by Crippen LogP contribution is -2.22. The van der Waals surface area contributed by atoms with E-state index in [9.17, 15) is 9.90 Å². The molecule has 0 saturated heterocycles. The molecular formula is C15H18INO3. The second kappa shape index (κ2) is 5.73. The molecule has 1 aromatic heterocycles. The van der Waals surface area contributed by atoms with Crippen molar-refractivity contribution >= 4 is 39.2 Å². The third-order valence-electron chi connectivity index (χ3n) is 3.34.